The van der Waals surface area contributed by atoms with E-state index in [4.69, 9.17) is 4.74 Å². The van der Waals surface area contributed by atoms with E-state index >= 15 is 0 Å². The number of imidazole rings is 1. The van der Waals surface area contributed by atoms with E-state index in [1.807, 2.05) is 0 Å². The van der Waals surface area contributed by atoms with Crippen LogP contribution in [0, 0.1) is 5.82 Å². The Hall–Kier alpha value is -3.38. The van der Waals surface area contributed by atoms with Gasteiger partial charge in [-0.05, 0) is 12.1 Å². The average Bonchev–Trinajstić information content (AvgIpc) is 3.24. The molecular weight excluding hydrogens is 432 g/mol. The van der Waals surface area contributed by atoms with Gasteiger partial charge in [0.15, 0.2) is 11.6 Å². The minimum Gasteiger partial charge on any atom is -0.378 e. The summed E-state index contributed by atoms with van der Waals surface area (Å²) in [6, 6.07) is 4.26. The Labute approximate surface area is 179 Å². The second kappa shape index (κ2) is 9.01. The maximum absolute atomic E-state index is 14.6. The summed E-state index contributed by atoms with van der Waals surface area (Å²) in [5.74, 6) is -1.38. The molecule has 0 unspecified atom stereocenters. The third kappa shape index (κ3) is 5.08. The second-order valence-electron chi connectivity index (χ2n) is 7.05. The van der Waals surface area contributed by atoms with Gasteiger partial charge >= 0.3 is 6.18 Å². The number of carbonyl (C=O) groups excluding carboxylic acids is 1. The molecule has 1 amide bonds. The van der Waals surface area contributed by atoms with Crippen molar-refractivity contribution in [3.63, 3.8) is 0 Å². The van der Waals surface area contributed by atoms with E-state index in [1.54, 1.807) is 6.20 Å². The molecule has 0 aliphatic carbocycles. The Morgan fingerprint density at radius 2 is 2.16 bits per heavy atom. The molecule has 3 aromatic heterocycles. The molecule has 2 N–H and O–H groups in total. The second-order valence-corrected chi connectivity index (χ2v) is 7.05. The van der Waals surface area contributed by atoms with Crippen molar-refractivity contribution in [3.8, 4) is 5.82 Å². The Kier molecular flexibility index (Phi) is 6.15. The summed E-state index contributed by atoms with van der Waals surface area (Å²) in [4.78, 5) is 23.9. The molecule has 0 radical (unpaired) electrons. The first-order valence-corrected chi connectivity index (χ1v) is 9.63. The quantitative estimate of drug-likeness (QED) is 0.581. The summed E-state index contributed by atoms with van der Waals surface area (Å²) in [5, 5.41) is 5.66. The van der Waals surface area contributed by atoms with Crippen LogP contribution in [0.25, 0.3) is 5.82 Å². The Morgan fingerprint density at radius 3 is 2.88 bits per heavy atom. The van der Waals surface area contributed by atoms with E-state index in [0.29, 0.717) is 25.5 Å². The molecule has 168 valence electrons. The minimum absolute atomic E-state index is 0.0157. The lowest BCUT2D eigenvalue weighted by Crippen LogP contribution is -2.34. The Balaban J connectivity index is 1.42. The number of carbonyl (C=O) groups is 1. The van der Waals surface area contributed by atoms with Crippen LogP contribution in [0.3, 0.4) is 0 Å². The summed E-state index contributed by atoms with van der Waals surface area (Å²) in [7, 11) is 0. The van der Waals surface area contributed by atoms with Crippen molar-refractivity contribution in [1.29, 1.82) is 0 Å². The number of aromatic nitrogens is 4. The fraction of sp³-hybridized carbons (Fsp3) is 0.300. The number of nitrogens with zero attached hydrogens (tertiary/aromatic N) is 4. The summed E-state index contributed by atoms with van der Waals surface area (Å²) in [6.07, 6.45) is -0.710. The predicted octanol–water partition coefficient (Wildman–Crippen LogP) is 2.66. The Morgan fingerprint density at radius 1 is 1.31 bits per heavy atom. The molecule has 4 rings (SSSR count). The van der Waals surface area contributed by atoms with Crippen LogP contribution in [-0.4, -0.2) is 45.2 Å². The van der Waals surface area contributed by atoms with Gasteiger partial charge in [-0.15, -0.1) is 0 Å². The first-order chi connectivity index (χ1) is 15.3. The molecular formula is C20H18F4N6O2. The lowest BCUT2D eigenvalue weighted by molar-refractivity contribution is -0.141. The number of hydrogen-bond donors (Lipinski definition) is 2. The Bertz CT molecular complexity index is 1110. The average molecular weight is 450 g/mol. The zero-order chi connectivity index (χ0) is 22.7. The highest BCUT2D eigenvalue weighted by atomic mass is 19.4. The molecule has 4 heterocycles. The number of alkyl halides is 3. The largest absolute Gasteiger partial charge is 0.433 e. The molecule has 0 spiro atoms. The van der Waals surface area contributed by atoms with Crippen LogP contribution < -0.4 is 10.6 Å². The molecule has 12 heteroatoms. The number of anilines is 1. The maximum atomic E-state index is 14.6. The van der Waals surface area contributed by atoms with Crippen LogP contribution in [-0.2, 0) is 22.1 Å². The normalized spacial score (nSPS) is 16.7. The molecule has 1 atom stereocenters. The summed E-state index contributed by atoms with van der Waals surface area (Å²) in [5.41, 5.74) is -0.411. The molecule has 0 saturated carbocycles. The first-order valence-electron chi connectivity index (χ1n) is 9.63. The number of hydrogen-bond acceptors (Lipinski definition) is 6. The lowest BCUT2D eigenvalue weighted by Gasteiger charge is -2.21. The number of halogens is 4. The fourth-order valence-electron chi connectivity index (χ4n) is 3.18. The third-order valence-corrected chi connectivity index (χ3v) is 4.67. The van der Waals surface area contributed by atoms with E-state index in [1.165, 1.54) is 29.2 Å². The van der Waals surface area contributed by atoms with E-state index in [-0.39, 0.29) is 23.2 Å². The molecule has 32 heavy (non-hydrogen) atoms. The van der Waals surface area contributed by atoms with Gasteiger partial charge < -0.3 is 15.4 Å². The highest BCUT2D eigenvalue weighted by molar-refractivity contribution is 5.91. The molecule has 1 saturated heterocycles. The number of rotatable bonds is 5. The van der Waals surface area contributed by atoms with Gasteiger partial charge in [-0.3, -0.25) is 9.36 Å². The number of morpholine rings is 1. The smallest absolute Gasteiger partial charge is 0.378 e. The zero-order valence-corrected chi connectivity index (χ0v) is 16.6. The van der Waals surface area contributed by atoms with Crippen molar-refractivity contribution < 1.29 is 27.1 Å². The summed E-state index contributed by atoms with van der Waals surface area (Å²) in [6.45, 7) is 1.76. The van der Waals surface area contributed by atoms with Crippen molar-refractivity contribution in [1.82, 2.24) is 24.8 Å². The highest BCUT2D eigenvalue weighted by Crippen LogP contribution is 2.27. The van der Waals surface area contributed by atoms with Gasteiger partial charge in [0.2, 0.25) is 5.91 Å². The van der Waals surface area contributed by atoms with Crippen LogP contribution in [0.2, 0.25) is 0 Å². The molecule has 0 aromatic carbocycles. The van der Waals surface area contributed by atoms with Gasteiger partial charge in [0, 0.05) is 18.8 Å². The molecule has 8 nitrogen and oxygen atoms in total. The summed E-state index contributed by atoms with van der Waals surface area (Å²) < 4.78 is 59.7. The zero-order valence-electron chi connectivity index (χ0n) is 16.6. The van der Waals surface area contributed by atoms with Gasteiger partial charge in [-0.2, -0.15) is 13.2 Å². The highest BCUT2D eigenvalue weighted by Gasteiger charge is 2.32. The molecule has 1 fully saturated rings. The standard InChI is InChI=1S/C20H18F4N6O2/c21-14-6-13(29-18(31)7-12-2-1-3-17(28-12)20(22,23)24)8-26-19(14)30-9-15(27-11-30)16-10-32-5-4-25-16/h1-3,6,8-9,11,16,25H,4-5,7,10H2,(H,29,31)/t16-/m0/s1. The van der Waals surface area contributed by atoms with Crippen molar-refractivity contribution in [2.24, 2.45) is 0 Å². The SMILES string of the molecule is O=C(Cc1cccc(C(F)(F)F)n1)Nc1cnc(-n2cnc([C@@H]3COCCN3)c2)c(F)c1. The van der Waals surface area contributed by atoms with E-state index < -0.39 is 30.0 Å². The number of ether oxygens (including phenoxy) is 1. The monoisotopic (exact) mass is 450 g/mol. The van der Waals surface area contributed by atoms with E-state index in [9.17, 15) is 22.4 Å². The van der Waals surface area contributed by atoms with Crippen molar-refractivity contribution in [3.05, 3.63) is 65.9 Å². The van der Waals surface area contributed by atoms with Gasteiger partial charge in [-0.1, -0.05) is 6.07 Å². The lowest BCUT2D eigenvalue weighted by atomic mass is 10.2. The number of amides is 1. The molecule has 1 aliphatic heterocycles. The van der Waals surface area contributed by atoms with Gasteiger partial charge in [0.25, 0.3) is 0 Å². The first kappa shape index (κ1) is 21.8. The van der Waals surface area contributed by atoms with Crippen molar-refractivity contribution >= 4 is 11.6 Å². The van der Waals surface area contributed by atoms with Crippen LogP contribution in [0.15, 0.2) is 43.0 Å². The fourth-order valence-corrected chi connectivity index (χ4v) is 3.18. The van der Waals surface area contributed by atoms with Gasteiger partial charge in [0.05, 0.1) is 48.9 Å². The number of nitrogens with one attached hydrogen (secondary N) is 2. The topological polar surface area (TPSA) is 94.0 Å². The van der Waals surface area contributed by atoms with Gasteiger partial charge in [0.1, 0.15) is 12.0 Å². The molecule has 0 bridgehead atoms. The van der Waals surface area contributed by atoms with Crippen LogP contribution >= 0.6 is 0 Å². The number of pyridine rings is 2. The van der Waals surface area contributed by atoms with Crippen molar-refractivity contribution in [2.75, 3.05) is 25.1 Å². The van der Waals surface area contributed by atoms with Gasteiger partial charge in [-0.25, -0.2) is 19.3 Å². The van der Waals surface area contributed by atoms with Crippen molar-refractivity contribution in [2.45, 2.75) is 18.6 Å². The van der Waals surface area contributed by atoms with Crippen LogP contribution in [0.5, 0.6) is 0 Å². The van der Waals surface area contributed by atoms with Crippen LogP contribution in [0.1, 0.15) is 23.1 Å². The minimum atomic E-state index is -4.61. The maximum Gasteiger partial charge on any atom is 0.433 e. The van der Waals surface area contributed by atoms with Crippen LogP contribution in [0.4, 0.5) is 23.2 Å². The van der Waals surface area contributed by atoms with E-state index in [0.717, 1.165) is 12.1 Å². The molecule has 3 aromatic rings. The predicted molar refractivity (Wildman–Crippen MR) is 104 cm³/mol. The van der Waals surface area contributed by atoms with E-state index in [2.05, 4.69) is 25.6 Å². The molecule has 1 aliphatic rings. The summed E-state index contributed by atoms with van der Waals surface area (Å²) >= 11 is 0. The third-order valence-electron chi connectivity index (χ3n) is 4.67.